The van der Waals surface area contributed by atoms with E-state index in [1.807, 2.05) is 0 Å². The maximum Gasteiger partial charge on any atom is 0.0387 e. The van der Waals surface area contributed by atoms with Gasteiger partial charge < -0.3 is 10.2 Å². The lowest BCUT2D eigenvalue weighted by Gasteiger charge is -2.47. The summed E-state index contributed by atoms with van der Waals surface area (Å²) in [5, 5.41) is 3.75. The zero-order chi connectivity index (χ0) is 13.2. The Hall–Kier alpha value is -0.290. The molecule has 2 nitrogen and oxygen atoms in total. The van der Waals surface area contributed by atoms with E-state index in [0.717, 1.165) is 13.1 Å². The summed E-state index contributed by atoms with van der Waals surface area (Å²) in [5.41, 5.74) is 1.64. The molecule has 0 bridgehead atoms. The highest BCUT2D eigenvalue weighted by atomic mass is 127. The Morgan fingerprint density at radius 1 is 1.28 bits per heavy atom. The summed E-state index contributed by atoms with van der Waals surface area (Å²) in [7, 11) is 0. The third-order valence-corrected chi connectivity index (χ3v) is 5.01. The zero-order valence-electron chi connectivity index (χ0n) is 11.5. The molecule has 1 aliphatic rings. The van der Waals surface area contributed by atoms with Crippen LogP contribution in [0.1, 0.15) is 33.6 Å². The molecule has 0 aliphatic carbocycles. The minimum atomic E-state index is 0.287. The Kier molecular flexibility index (Phi) is 4.54. The number of rotatable bonds is 3. The Morgan fingerprint density at radius 3 is 2.44 bits per heavy atom. The fourth-order valence-electron chi connectivity index (χ4n) is 2.71. The molecule has 0 radical (unpaired) electrons. The van der Waals surface area contributed by atoms with Gasteiger partial charge in [0.15, 0.2) is 0 Å². The van der Waals surface area contributed by atoms with Crippen LogP contribution in [-0.4, -0.2) is 24.7 Å². The van der Waals surface area contributed by atoms with Gasteiger partial charge in [0.25, 0.3) is 0 Å². The second-order valence-corrected chi connectivity index (χ2v) is 6.57. The maximum absolute atomic E-state index is 3.75. The van der Waals surface area contributed by atoms with Crippen molar-refractivity contribution in [3.8, 4) is 0 Å². The smallest absolute Gasteiger partial charge is 0.0387 e. The van der Waals surface area contributed by atoms with E-state index < -0.39 is 0 Å². The lowest BCUT2D eigenvalue weighted by molar-refractivity contribution is 0.254. The van der Waals surface area contributed by atoms with Crippen LogP contribution in [0.5, 0.6) is 0 Å². The van der Waals surface area contributed by atoms with E-state index >= 15 is 0 Å². The Balaban J connectivity index is 2.22. The number of piperazine rings is 1. The highest BCUT2D eigenvalue weighted by Gasteiger charge is 2.34. The topological polar surface area (TPSA) is 15.3 Å². The van der Waals surface area contributed by atoms with Gasteiger partial charge in [-0.2, -0.15) is 0 Å². The lowest BCUT2D eigenvalue weighted by atomic mass is 9.88. The van der Waals surface area contributed by atoms with Gasteiger partial charge in [-0.25, -0.2) is 0 Å². The molecule has 0 saturated carbocycles. The van der Waals surface area contributed by atoms with Gasteiger partial charge in [-0.1, -0.05) is 13.8 Å². The molecule has 1 aromatic carbocycles. The molecule has 100 valence electrons. The van der Waals surface area contributed by atoms with Crippen molar-refractivity contribution in [1.82, 2.24) is 5.32 Å². The van der Waals surface area contributed by atoms with Gasteiger partial charge in [0.1, 0.15) is 0 Å². The molecule has 1 N–H and O–H groups in total. The number of hydrogen-bond acceptors (Lipinski definition) is 2. The summed E-state index contributed by atoms with van der Waals surface area (Å²) in [4.78, 5) is 2.56. The molecule has 1 fully saturated rings. The fraction of sp³-hybridized carbons (Fsp3) is 0.600. The summed E-state index contributed by atoms with van der Waals surface area (Å²) in [5.74, 6) is 0. The van der Waals surface area contributed by atoms with Gasteiger partial charge in [-0.3, -0.25) is 0 Å². The molecule has 1 atom stereocenters. The predicted octanol–water partition coefficient (Wildman–Crippen LogP) is 3.65. The number of nitrogens with zero attached hydrogens (tertiary/aromatic N) is 1. The lowest BCUT2D eigenvalue weighted by Crippen LogP contribution is -2.63. The Labute approximate surface area is 124 Å². The average molecular weight is 358 g/mol. The van der Waals surface area contributed by atoms with Crippen LogP contribution < -0.4 is 10.2 Å². The van der Waals surface area contributed by atoms with Crippen LogP contribution in [0.4, 0.5) is 5.69 Å². The van der Waals surface area contributed by atoms with Crippen molar-refractivity contribution in [2.75, 3.05) is 18.0 Å². The highest BCUT2D eigenvalue weighted by molar-refractivity contribution is 14.1. The van der Waals surface area contributed by atoms with Crippen molar-refractivity contribution in [3.63, 3.8) is 0 Å². The van der Waals surface area contributed by atoms with Crippen LogP contribution >= 0.6 is 22.6 Å². The molecule has 1 aliphatic heterocycles. The summed E-state index contributed by atoms with van der Waals surface area (Å²) in [6.07, 6.45) is 2.38. The SMILES string of the molecule is CCC1(CC)CN(c2ccc(I)cc2)C(C)CN1. The van der Waals surface area contributed by atoms with Crippen LogP contribution in [-0.2, 0) is 0 Å². The number of halogens is 1. The van der Waals surface area contributed by atoms with Crippen molar-refractivity contribution in [2.45, 2.75) is 45.2 Å². The van der Waals surface area contributed by atoms with Crippen molar-refractivity contribution >= 4 is 28.3 Å². The summed E-state index contributed by atoms with van der Waals surface area (Å²) >= 11 is 2.36. The summed E-state index contributed by atoms with van der Waals surface area (Å²) < 4.78 is 1.30. The molecule has 0 aromatic heterocycles. The minimum absolute atomic E-state index is 0.287. The third-order valence-electron chi connectivity index (χ3n) is 4.29. The summed E-state index contributed by atoms with van der Waals surface area (Å²) in [6, 6.07) is 9.46. The predicted molar refractivity (Wildman–Crippen MR) is 87.3 cm³/mol. The molecule has 3 heteroatoms. The maximum atomic E-state index is 3.75. The van der Waals surface area contributed by atoms with E-state index in [1.54, 1.807) is 0 Å². The Morgan fingerprint density at radius 2 is 1.89 bits per heavy atom. The normalized spacial score (nSPS) is 23.1. The van der Waals surface area contributed by atoms with Crippen LogP contribution in [0.2, 0.25) is 0 Å². The van der Waals surface area contributed by atoms with E-state index in [2.05, 4.69) is 77.8 Å². The van der Waals surface area contributed by atoms with E-state index in [9.17, 15) is 0 Å². The van der Waals surface area contributed by atoms with Gasteiger partial charge in [0.05, 0.1) is 0 Å². The van der Waals surface area contributed by atoms with E-state index in [-0.39, 0.29) is 5.54 Å². The number of anilines is 1. The van der Waals surface area contributed by atoms with Crippen LogP contribution in [0.25, 0.3) is 0 Å². The Bertz CT molecular complexity index is 384. The first-order chi connectivity index (χ1) is 8.60. The highest BCUT2D eigenvalue weighted by Crippen LogP contribution is 2.27. The first-order valence-electron chi connectivity index (χ1n) is 6.87. The van der Waals surface area contributed by atoms with Gasteiger partial charge in [-0.15, -0.1) is 0 Å². The van der Waals surface area contributed by atoms with Gasteiger partial charge in [0, 0.05) is 33.9 Å². The second kappa shape index (κ2) is 5.78. The van der Waals surface area contributed by atoms with E-state index in [1.165, 1.54) is 22.1 Å². The first-order valence-corrected chi connectivity index (χ1v) is 7.95. The molecular weight excluding hydrogens is 335 g/mol. The van der Waals surface area contributed by atoms with E-state index in [0.29, 0.717) is 6.04 Å². The minimum Gasteiger partial charge on any atom is -0.366 e. The molecule has 1 heterocycles. The second-order valence-electron chi connectivity index (χ2n) is 5.32. The van der Waals surface area contributed by atoms with Crippen molar-refractivity contribution < 1.29 is 0 Å². The molecule has 2 rings (SSSR count). The van der Waals surface area contributed by atoms with Crippen molar-refractivity contribution in [1.29, 1.82) is 0 Å². The third kappa shape index (κ3) is 2.82. The van der Waals surface area contributed by atoms with Gasteiger partial charge in [-0.05, 0) is 66.6 Å². The fourth-order valence-corrected chi connectivity index (χ4v) is 3.07. The molecule has 0 amide bonds. The van der Waals surface area contributed by atoms with Crippen molar-refractivity contribution in [3.05, 3.63) is 27.8 Å². The molecule has 18 heavy (non-hydrogen) atoms. The number of benzene rings is 1. The molecular formula is C15H23IN2. The largest absolute Gasteiger partial charge is 0.366 e. The quantitative estimate of drug-likeness (QED) is 0.830. The molecule has 1 unspecified atom stereocenters. The van der Waals surface area contributed by atoms with Crippen LogP contribution in [0, 0.1) is 3.57 Å². The van der Waals surface area contributed by atoms with Gasteiger partial charge in [0.2, 0.25) is 0 Å². The first kappa shape index (κ1) is 14.1. The van der Waals surface area contributed by atoms with E-state index in [4.69, 9.17) is 0 Å². The van der Waals surface area contributed by atoms with Gasteiger partial charge >= 0.3 is 0 Å². The zero-order valence-corrected chi connectivity index (χ0v) is 13.7. The number of hydrogen-bond donors (Lipinski definition) is 1. The molecule has 1 saturated heterocycles. The number of nitrogens with one attached hydrogen (secondary N) is 1. The summed E-state index contributed by atoms with van der Waals surface area (Å²) in [6.45, 7) is 9.08. The average Bonchev–Trinajstić information content (AvgIpc) is 2.41. The molecule has 1 aromatic rings. The van der Waals surface area contributed by atoms with Crippen LogP contribution in [0.15, 0.2) is 24.3 Å². The van der Waals surface area contributed by atoms with Crippen molar-refractivity contribution in [2.24, 2.45) is 0 Å². The monoisotopic (exact) mass is 358 g/mol. The van der Waals surface area contributed by atoms with Crippen LogP contribution in [0.3, 0.4) is 0 Å². The standard InChI is InChI=1S/C15H23IN2/c1-4-15(5-2)11-18(12(3)10-17-15)14-8-6-13(16)7-9-14/h6-9,12,17H,4-5,10-11H2,1-3H3. The molecule has 0 spiro atoms.